The Labute approximate surface area is 242 Å². The van der Waals surface area contributed by atoms with E-state index >= 15 is 0 Å². The van der Waals surface area contributed by atoms with Gasteiger partial charge in [-0.15, -0.1) is 0 Å². The number of para-hydroxylation sites is 2. The van der Waals surface area contributed by atoms with Crippen LogP contribution in [0.1, 0.15) is 18.3 Å². The zero-order chi connectivity index (χ0) is 27.6. The summed E-state index contributed by atoms with van der Waals surface area (Å²) in [6, 6.07) is 40.8. The van der Waals surface area contributed by atoms with Crippen molar-refractivity contribution in [2.24, 2.45) is 10.9 Å². The molecule has 9 rings (SSSR count). The predicted octanol–water partition coefficient (Wildman–Crippen LogP) is 9.37. The molecule has 0 fully saturated rings. The maximum absolute atomic E-state index is 6.28. The Hall–Kier alpha value is -5.35. The number of fused-ring (bicyclic) bond motifs is 7. The van der Waals surface area contributed by atoms with Gasteiger partial charge in [0.2, 0.25) is 6.29 Å². The van der Waals surface area contributed by atoms with Gasteiger partial charge in [0, 0.05) is 33.2 Å². The molecule has 2 aliphatic rings. The molecule has 0 saturated carbocycles. The van der Waals surface area contributed by atoms with Crippen molar-refractivity contribution in [2.75, 3.05) is 0 Å². The fraction of sp³-hybridized carbons (Fsp3) is 0.0789. The Balaban J connectivity index is 1.25. The first-order valence-electron chi connectivity index (χ1n) is 14.5. The monoisotopic (exact) mass is 541 g/mol. The van der Waals surface area contributed by atoms with Crippen LogP contribution < -0.4 is 5.32 Å². The van der Waals surface area contributed by atoms with E-state index in [1.165, 1.54) is 27.6 Å². The number of allylic oxidation sites excluding steroid dienone is 4. The van der Waals surface area contributed by atoms with Gasteiger partial charge in [-0.05, 0) is 53.5 Å². The van der Waals surface area contributed by atoms with Gasteiger partial charge >= 0.3 is 0 Å². The topological polar surface area (TPSA) is 42.5 Å². The number of furan rings is 1. The Morgan fingerprint density at radius 3 is 2.26 bits per heavy atom. The van der Waals surface area contributed by atoms with Crippen molar-refractivity contribution >= 4 is 49.5 Å². The summed E-state index contributed by atoms with van der Waals surface area (Å²) in [4.78, 5) is 5.48. The van der Waals surface area contributed by atoms with Crippen LogP contribution in [0.3, 0.4) is 0 Å². The largest absolute Gasteiger partial charge is 0.456 e. The molecule has 0 amide bonds. The third-order valence-electron chi connectivity index (χ3n) is 8.79. The lowest BCUT2D eigenvalue weighted by molar-refractivity contribution is 0.440. The SMILES string of the molecule is C1=CCC2C(=C1)NC(n1c3ccccc3c3cc4oc5ccccc5c4cc31)N=C2c1ccc(-c2ccccc2)cc1. The van der Waals surface area contributed by atoms with Crippen molar-refractivity contribution in [3.63, 3.8) is 0 Å². The standard InChI is InChI=1S/C38H27N3O/c1-2-10-24(11-3-1)25-18-20-26(21-19-25)37-29-14-4-7-15-32(29)39-38(40-37)41-33-16-8-5-12-27(33)30-23-36-31(22-34(30)41)28-13-6-9-17-35(28)42-36/h1-13,15-23,29,38-39H,14H2. The molecule has 2 atom stereocenters. The molecule has 3 heterocycles. The van der Waals surface area contributed by atoms with Gasteiger partial charge in [0.15, 0.2) is 0 Å². The average Bonchev–Trinajstić information content (AvgIpc) is 3.58. The molecule has 42 heavy (non-hydrogen) atoms. The number of aromatic nitrogens is 1. The highest BCUT2D eigenvalue weighted by atomic mass is 16.3. The van der Waals surface area contributed by atoms with Crippen molar-refractivity contribution in [3.05, 3.63) is 145 Å². The van der Waals surface area contributed by atoms with E-state index in [1.807, 2.05) is 12.1 Å². The third-order valence-corrected chi connectivity index (χ3v) is 8.79. The van der Waals surface area contributed by atoms with Gasteiger partial charge in [0.1, 0.15) is 11.2 Å². The van der Waals surface area contributed by atoms with E-state index in [1.54, 1.807) is 0 Å². The summed E-state index contributed by atoms with van der Waals surface area (Å²) in [5, 5.41) is 8.44. The number of nitrogens with zero attached hydrogens (tertiary/aromatic N) is 2. The lowest BCUT2D eigenvalue weighted by atomic mass is 9.86. The van der Waals surface area contributed by atoms with Crippen molar-refractivity contribution in [1.29, 1.82) is 0 Å². The lowest BCUT2D eigenvalue weighted by Gasteiger charge is -2.34. The molecule has 1 aliphatic carbocycles. The highest BCUT2D eigenvalue weighted by Gasteiger charge is 2.31. The van der Waals surface area contributed by atoms with Gasteiger partial charge in [-0.1, -0.05) is 103 Å². The summed E-state index contributed by atoms with van der Waals surface area (Å²) in [6.07, 6.45) is 7.25. The van der Waals surface area contributed by atoms with Crippen LogP contribution in [-0.4, -0.2) is 10.3 Å². The molecule has 2 unspecified atom stereocenters. The number of nitrogens with one attached hydrogen (secondary N) is 1. The smallest absolute Gasteiger partial charge is 0.201 e. The van der Waals surface area contributed by atoms with Crippen LogP contribution >= 0.6 is 0 Å². The van der Waals surface area contributed by atoms with Crippen LogP contribution in [0.5, 0.6) is 0 Å². The second kappa shape index (κ2) is 9.08. The normalized spacial score (nSPS) is 18.3. The molecule has 4 heteroatoms. The summed E-state index contributed by atoms with van der Waals surface area (Å²) >= 11 is 0. The van der Waals surface area contributed by atoms with E-state index in [4.69, 9.17) is 9.41 Å². The number of rotatable bonds is 3. The summed E-state index contributed by atoms with van der Waals surface area (Å²) in [6.45, 7) is 0. The van der Waals surface area contributed by atoms with Gasteiger partial charge in [0.05, 0.1) is 16.7 Å². The van der Waals surface area contributed by atoms with Gasteiger partial charge in [0.25, 0.3) is 0 Å². The molecule has 2 aromatic heterocycles. The average molecular weight is 542 g/mol. The highest BCUT2D eigenvalue weighted by Crippen LogP contribution is 2.40. The predicted molar refractivity (Wildman–Crippen MR) is 173 cm³/mol. The molecule has 200 valence electrons. The van der Waals surface area contributed by atoms with E-state index in [0.717, 1.165) is 50.7 Å². The Morgan fingerprint density at radius 2 is 1.38 bits per heavy atom. The van der Waals surface area contributed by atoms with Crippen LogP contribution in [0.2, 0.25) is 0 Å². The quantitative estimate of drug-likeness (QED) is 0.242. The first kappa shape index (κ1) is 23.4. The molecule has 0 saturated heterocycles. The molecule has 0 spiro atoms. The van der Waals surface area contributed by atoms with E-state index < -0.39 is 0 Å². The Kier molecular flexibility index (Phi) is 5.05. The van der Waals surface area contributed by atoms with Crippen LogP contribution in [-0.2, 0) is 0 Å². The van der Waals surface area contributed by atoms with E-state index in [0.29, 0.717) is 0 Å². The minimum atomic E-state index is -0.291. The minimum absolute atomic E-state index is 0.200. The van der Waals surface area contributed by atoms with Crippen LogP contribution in [0, 0.1) is 5.92 Å². The van der Waals surface area contributed by atoms with Crippen molar-refractivity contribution in [2.45, 2.75) is 12.7 Å². The summed E-state index contributed by atoms with van der Waals surface area (Å²) in [7, 11) is 0. The Morgan fingerprint density at radius 1 is 0.643 bits per heavy atom. The summed E-state index contributed by atoms with van der Waals surface area (Å²) in [5.41, 5.74) is 10.0. The zero-order valence-corrected chi connectivity index (χ0v) is 22.9. The Bertz CT molecular complexity index is 2250. The van der Waals surface area contributed by atoms with Crippen LogP contribution in [0.25, 0.3) is 54.9 Å². The maximum atomic E-state index is 6.28. The van der Waals surface area contributed by atoms with Gasteiger partial charge < -0.3 is 14.3 Å². The van der Waals surface area contributed by atoms with Crippen LogP contribution in [0.15, 0.2) is 149 Å². The van der Waals surface area contributed by atoms with Crippen molar-refractivity contribution in [1.82, 2.24) is 9.88 Å². The fourth-order valence-corrected chi connectivity index (χ4v) is 6.78. The molecule has 0 radical (unpaired) electrons. The fourth-order valence-electron chi connectivity index (χ4n) is 6.78. The maximum Gasteiger partial charge on any atom is 0.201 e. The minimum Gasteiger partial charge on any atom is -0.456 e. The molecule has 1 N–H and O–H groups in total. The number of hydrogen-bond donors (Lipinski definition) is 1. The molecule has 5 aromatic carbocycles. The first-order valence-corrected chi connectivity index (χ1v) is 14.5. The lowest BCUT2D eigenvalue weighted by Crippen LogP contribution is -2.38. The molecule has 4 nitrogen and oxygen atoms in total. The highest BCUT2D eigenvalue weighted by molar-refractivity contribution is 6.16. The third kappa shape index (κ3) is 3.52. The van der Waals surface area contributed by atoms with Crippen molar-refractivity contribution < 1.29 is 4.42 Å². The van der Waals surface area contributed by atoms with Gasteiger partial charge in [-0.2, -0.15) is 0 Å². The zero-order valence-electron chi connectivity index (χ0n) is 22.9. The van der Waals surface area contributed by atoms with Gasteiger partial charge in [-0.3, -0.25) is 0 Å². The first-order chi connectivity index (χ1) is 20.8. The summed E-state index contributed by atoms with van der Waals surface area (Å²) in [5.74, 6) is 0.200. The second-order valence-corrected chi connectivity index (χ2v) is 11.2. The van der Waals surface area contributed by atoms with Gasteiger partial charge in [-0.25, -0.2) is 4.99 Å². The number of hydrogen-bond acceptors (Lipinski definition) is 3. The number of benzene rings is 5. The number of aliphatic imine (C=N–C) groups is 1. The summed E-state index contributed by atoms with van der Waals surface area (Å²) < 4.78 is 8.64. The van der Waals surface area contributed by atoms with Crippen LogP contribution in [0.4, 0.5) is 0 Å². The van der Waals surface area contributed by atoms with E-state index in [-0.39, 0.29) is 12.2 Å². The molecular weight excluding hydrogens is 514 g/mol. The van der Waals surface area contributed by atoms with Crippen molar-refractivity contribution in [3.8, 4) is 11.1 Å². The van der Waals surface area contributed by atoms with E-state index in [2.05, 4.69) is 131 Å². The molecule has 7 aromatic rings. The molecule has 1 aliphatic heterocycles. The second-order valence-electron chi connectivity index (χ2n) is 11.2. The molecule has 0 bridgehead atoms. The molecular formula is C38H27N3O. The van der Waals surface area contributed by atoms with E-state index in [9.17, 15) is 0 Å².